The quantitative estimate of drug-likeness (QED) is 0.472. The summed E-state index contributed by atoms with van der Waals surface area (Å²) in [5, 5.41) is 8.94. The molecule has 0 fully saturated rings. The van der Waals surface area contributed by atoms with Crippen LogP contribution in [0.4, 0.5) is 0 Å². The highest BCUT2D eigenvalue weighted by molar-refractivity contribution is 7.84. The normalized spacial score (nSPS) is 12.9. The molecule has 0 aliphatic rings. The Balaban J connectivity index is 4.28. The van der Waals surface area contributed by atoms with Crippen molar-refractivity contribution in [1.82, 2.24) is 0 Å². The summed E-state index contributed by atoms with van der Waals surface area (Å²) in [5.41, 5.74) is 0.718. The van der Waals surface area contributed by atoms with E-state index in [1.165, 1.54) is 0 Å². The van der Waals surface area contributed by atoms with Crippen LogP contribution < -0.4 is 0 Å². The van der Waals surface area contributed by atoms with Crippen molar-refractivity contribution in [2.45, 2.75) is 6.92 Å². The van der Waals surface area contributed by atoms with Crippen LogP contribution in [0, 0.1) is 0 Å². The predicted octanol–water partition coefficient (Wildman–Crippen LogP) is 1.94. The molecule has 0 unspecified atom stereocenters. The maximum atomic E-state index is 8.49. The molecule has 0 spiro atoms. The molecule has 0 bridgehead atoms. The number of rotatable bonds is 2. The molecule has 0 aliphatic heterocycles. The molecule has 0 atom stereocenters. The Morgan fingerprint density at radius 3 is 2.33 bits per heavy atom. The van der Waals surface area contributed by atoms with Gasteiger partial charge in [0.1, 0.15) is 0 Å². The van der Waals surface area contributed by atoms with Crippen molar-refractivity contribution in [2.24, 2.45) is 0 Å². The van der Waals surface area contributed by atoms with Gasteiger partial charge in [-0.1, -0.05) is 18.2 Å². The largest absolute Gasteiger partial charge is 0.391 e. The van der Waals surface area contributed by atoms with E-state index in [-0.39, 0.29) is 6.61 Å². The van der Waals surface area contributed by atoms with E-state index in [0.29, 0.717) is 9.94 Å². The molecule has 1 nitrogen and oxygen atoms in total. The third-order valence-electron chi connectivity index (χ3n) is 0.778. The van der Waals surface area contributed by atoms with Crippen molar-refractivity contribution < 1.29 is 5.11 Å². The van der Waals surface area contributed by atoms with Gasteiger partial charge in [-0.3, -0.25) is 0 Å². The number of hydrogen-bond acceptors (Lipinski definition) is 2. The molecule has 1 N–H and O–H groups in total. The van der Waals surface area contributed by atoms with E-state index in [9.17, 15) is 0 Å². The summed E-state index contributed by atoms with van der Waals surface area (Å²) in [5.74, 6) is 0. The molecule has 0 rings (SSSR count). The van der Waals surface area contributed by atoms with Crippen molar-refractivity contribution in [3.05, 3.63) is 22.1 Å². The first-order valence-electron chi connectivity index (χ1n) is 2.44. The number of thiol groups is 1. The molecule has 9 heavy (non-hydrogen) atoms. The Kier molecular flexibility index (Phi) is 4.02. The SMILES string of the molecule is C=C(C)/C(Cl)=C(\S)CO. The summed E-state index contributed by atoms with van der Waals surface area (Å²) >= 11 is 9.51. The Hall–Kier alpha value is 0.0800. The van der Waals surface area contributed by atoms with Crippen LogP contribution in [0.2, 0.25) is 0 Å². The number of halogens is 1. The Morgan fingerprint density at radius 1 is 1.78 bits per heavy atom. The highest BCUT2D eigenvalue weighted by atomic mass is 35.5. The summed E-state index contributed by atoms with van der Waals surface area (Å²) in [7, 11) is 0. The summed E-state index contributed by atoms with van der Waals surface area (Å²) in [4.78, 5) is 0.462. The van der Waals surface area contributed by atoms with Gasteiger partial charge in [0.2, 0.25) is 0 Å². The number of aliphatic hydroxyl groups is 1. The average molecular weight is 165 g/mol. The fourth-order valence-corrected chi connectivity index (χ4v) is 0.566. The van der Waals surface area contributed by atoms with E-state index in [1.54, 1.807) is 6.92 Å². The van der Waals surface area contributed by atoms with Crippen LogP contribution in [-0.2, 0) is 0 Å². The van der Waals surface area contributed by atoms with Crippen molar-refractivity contribution in [3.63, 3.8) is 0 Å². The van der Waals surface area contributed by atoms with E-state index in [2.05, 4.69) is 19.2 Å². The zero-order chi connectivity index (χ0) is 7.44. The molecule has 52 valence electrons. The van der Waals surface area contributed by atoms with Crippen LogP contribution >= 0.6 is 24.2 Å². The first-order valence-corrected chi connectivity index (χ1v) is 3.26. The molecular weight excluding hydrogens is 156 g/mol. The smallest absolute Gasteiger partial charge is 0.0753 e. The van der Waals surface area contributed by atoms with Crippen molar-refractivity contribution in [3.8, 4) is 0 Å². The second-order valence-electron chi connectivity index (χ2n) is 1.70. The topological polar surface area (TPSA) is 20.2 Å². The average Bonchev–Trinajstić information content (AvgIpc) is 1.84. The van der Waals surface area contributed by atoms with Gasteiger partial charge in [-0.05, 0) is 12.5 Å². The monoisotopic (exact) mass is 164 g/mol. The minimum atomic E-state index is -0.130. The second kappa shape index (κ2) is 3.99. The number of aliphatic hydroxyl groups excluding tert-OH is 1. The van der Waals surface area contributed by atoms with Gasteiger partial charge >= 0.3 is 0 Å². The summed E-state index contributed by atoms with van der Waals surface area (Å²) in [6.07, 6.45) is 0. The van der Waals surface area contributed by atoms with Crippen molar-refractivity contribution in [1.29, 1.82) is 0 Å². The van der Waals surface area contributed by atoms with Crippen LogP contribution in [-0.4, -0.2) is 11.7 Å². The van der Waals surface area contributed by atoms with E-state index in [0.717, 1.165) is 5.57 Å². The summed E-state index contributed by atoms with van der Waals surface area (Å²) in [6, 6.07) is 0. The lowest BCUT2D eigenvalue weighted by atomic mass is 10.3. The first kappa shape index (κ1) is 9.08. The lowest BCUT2D eigenvalue weighted by Crippen LogP contribution is -1.85. The van der Waals surface area contributed by atoms with Crippen LogP contribution in [0.25, 0.3) is 0 Å². The van der Waals surface area contributed by atoms with Crippen molar-refractivity contribution in [2.75, 3.05) is 6.61 Å². The lowest BCUT2D eigenvalue weighted by Gasteiger charge is -1.98. The third kappa shape index (κ3) is 2.94. The van der Waals surface area contributed by atoms with Gasteiger partial charge in [0.05, 0.1) is 11.6 Å². The zero-order valence-corrected chi connectivity index (χ0v) is 6.84. The van der Waals surface area contributed by atoms with Gasteiger partial charge in [-0.15, -0.1) is 12.6 Å². The minimum Gasteiger partial charge on any atom is -0.391 e. The predicted molar refractivity (Wildman–Crippen MR) is 43.8 cm³/mol. The molecule has 0 saturated heterocycles. The molecule has 0 radical (unpaired) electrons. The molecular formula is C6H9ClOS. The molecule has 0 aromatic rings. The lowest BCUT2D eigenvalue weighted by molar-refractivity contribution is 0.339. The number of hydrogen-bond donors (Lipinski definition) is 2. The molecule has 0 aromatic carbocycles. The summed E-state index contributed by atoms with van der Waals surface area (Å²) < 4.78 is 0. The van der Waals surface area contributed by atoms with Crippen molar-refractivity contribution >= 4 is 24.2 Å². The van der Waals surface area contributed by atoms with Crippen LogP contribution in [0.5, 0.6) is 0 Å². The molecule has 0 saturated carbocycles. The van der Waals surface area contributed by atoms with E-state index in [1.807, 2.05) is 0 Å². The Labute approximate surface area is 65.4 Å². The van der Waals surface area contributed by atoms with E-state index < -0.39 is 0 Å². The maximum Gasteiger partial charge on any atom is 0.0753 e. The Bertz CT molecular complexity index is 151. The Morgan fingerprint density at radius 2 is 2.22 bits per heavy atom. The van der Waals surface area contributed by atoms with Gasteiger partial charge in [-0.2, -0.15) is 0 Å². The molecule has 3 heteroatoms. The highest BCUT2D eigenvalue weighted by Crippen LogP contribution is 2.18. The second-order valence-corrected chi connectivity index (χ2v) is 2.62. The van der Waals surface area contributed by atoms with E-state index in [4.69, 9.17) is 16.7 Å². The highest BCUT2D eigenvalue weighted by Gasteiger charge is 1.97. The number of allylic oxidation sites excluding steroid dienone is 2. The van der Waals surface area contributed by atoms with Gasteiger partial charge in [-0.25, -0.2) is 0 Å². The first-order chi connectivity index (χ1) is 4.09. The van der Waals surface area contributed by atoms with Crippen LogP contribution in [0.1, 0.15) is 6.92 Å². The zero-order valence-electron chi connectivity index (χ0n) is 5.19. The van der Waals surface area contributed by atoms with Gasteiger partial charge in [0.25, 0.3) is 0 Å². The molecule has 0 aromatic heterocycles. The van der Waals surface area contributed by atoms with Crippen LogP contribution in [0.15, 0.2) is 22.1 Å². The van der Waals surface area contributed by atoms with Crippen LogP contribution in [0.3, 0.4) is 0 Å². The third-order valence-corrected chi connectivity index (χ3v) is 1.83. The maximum absolute atomic E-state index is 8.49. The fraction of sp³-hybridized carbons (Fsp3) is 0.333. The standard InChI is InChI=1S/C6H9ClOS/c1-4(2)6(7)5(9)3-8/h8-9H,1,3H2,2H3/b6-5+. The van der Waals surface area contributed by atoms with Gasteiger partial charge in [0, 0.05) is 4.91 Å². The minimum absolute atomic E-state index is 0.130. The molecule has 0 amide bonds. The molecule has 0 aliphatic carbocycles. The summed E-state index contributed by atoms with van der Waals surface area (Å²) in [6.45, 7) is 5.20. The van der Waals surface area contributed by atoms with Gasteiger partial charge < -0.3 is 5.11 Å². The van der Waals surface area contributed by atoms with Gasteiger partial charge in [0.15, 0.2) is 0 Å². The fourth-order valence-electron chi connectivity index (χ4n) is 0.316. The van der Waals surface area contributed by atoms with E-state index >= 15 is 0 Å². The molecule has 0 heterocycles.